The van der Waals surface area contributed by atoms with E-state index < -0.39 is 0 Å². The van der Waals surface area contributed by atoms with Crippen LogP contribution in [-0.2, 0) is 4.79 Å². The lowest BCUT2D eigenvalue weighted by molar-refractivity contribution is -0.133. The number of amides is 2. The molecule has 4 nitrogen and oxygen atoms in total. The first kappa shape index (κ1) is 17.0. The standard InChI is InChI=1S/C20H28N2O2/c1-4-16-13(3)17-9-8-15(11-18(17)22-20(16)24)21-19(23)14-7-5-6-12(2)10-14/h5-7,10,13,15-18H,4,8-9,11H2,1-3H3,(H,21,23)(H,22,24). The van der Waals surface area contributed by atoms with Crippen LogP contribution in [-0.4, -0.2) is 23.9 Å². The summed E-state index contributed by atoms with van der Waals surface area (Å²) in [5.41, 5.74) is 1.80. The zero-order valence-electron chi connectivity index (χ0n) is 14.8. The van der Waals surface area contributed by atoms with Gasteiger partial charge in [-0.2, -0.15) is 0 Å². The van der Waals surface area contributed by atoms with Gasteiger partial charge >= 0.3 is 0 Å². The summed E-state index contributed by atoms with van der Waals surface area (Å²) in [5.74, 6) is 1.30. The van der Waals surface area contributed by atoms with Crippen molar-refractivity contribution in [2.75, 3.05) is 0 Å². The summed E-state index contributed by atoms with van der Waals surface area (Å²) in [7, 11) is 0. The van der Waals surface area contributed by atoms with Crippen LogP contribution in [0.1, 0.15) is 55.5 Å². The third-order valence-corrected chi connectivity index (χ3v) is 5.93. The van der Waals surface area contributed by atoms with Crippen LogP contribution < -0.4 is 10.6 Å². The molecule has 0 radical (unpaired) electrons. The number of rotatable bonds is 3. The third kappa shape index (κ3) is 3.33. The summed E-state index contributed by atoms with van der Waals surface area (Å²) in [4.78, 5) is 24.7. The fraction of sp³-hybridized carbons (Fsp3) is 0.600. The minimum Gasteiger partial charge on any atom is -0.353 e. The number of hydrogen-bond acceptors (Lipinski definition) is 2. The summed E-state index contributed by atoms with van der Waals surface area (Å²) < 4.78 is 0. The topological polar surface area (TPSA) is 58.2 Å². The quantitative estimate of drug-likeness (QED) is 0.896. The van der Waals surface area contributed by atoms with Crippen molar-refractivity contribution in [3.63, 3.8) is 0 Å². The first-order valence-electron chi connectivity index (χ1n) is 9.17. The van der Waals surface area contributed by atoms with Crippen LogP contribution in [0.4, 0.5) is 0 Å². The zero-order chi connectivity index (χ0) is 17.3. The van der Waals surface area contributed by atoms with Gasteiger partial charge in [0.25, 0.3) is 5.91 Å². The van der Waals surface area contributed by atoms with Crippen molar-refractivity contribution in [2.45, 2.75) is 58.5 Å². The SMILES string of the molecule is CCC1C(=O)NC2CC(NC(=O)c3cccc(C)c3)CCC2C1C. The van der Waals surface area contributed by atoms with Crippen LogP contribution in [0.25, 0.3) is 0 Å². The molecular weight excluding hydrogens is 300 g/mol. The molecule has 2 amide bonds. The van der Waals surface area contributed by atoms with Gasteiger partial charge in [0.2, 0.25) is 5.91 Å². The van der Waals surface area contributed by atoms with Crippen molar-refractivity contribution in [3.05, 3.63) is 35.4 Å². The number of carbonyl (C=O) groups excluding carboxylic acids is 2. The average molecular weight is 328 g/mol. The van der Waals surface area contributed by atoms with E-state index in [4.69, 9.17) is 0 Å². The molecule has 1 aliphatic carbocycles. The molecule has 130 valence electrons. The lowest BCUT2D eigenvalue weighted by Gasteiger charge is -2.46. The number of nitrogens with one attached hydrogen (secondary N) is 2. The Morgan fingerprint density at radius 1 is 1.33 bits per heavy atom. The Morgan fingerprint density at radius 2 is 2.12 bits per heavy atom. The highest BCUT2D eigenvalue weighted by molar-refractivity contribution is 5.94. The molecule has 1 aliphatic heterocycles. The fourth-order valence-corrected chi connectivity index (χ4v) is 4.56. The molecule has 2 N–H and O–H groups in total. The minimum absolute atomic E-state index is 0.0104. The van der Waals surface area contributed by atoms with Crippen LogP contribution in [0.3, 0.4) is 0 Å². The Hall–Kier alpha value is -1.84. The highest BCUT2D eigenvalue weighted by Gasteiger charge is 2.43. The van der Waals surface area contributed by atoms with E-state index in [-0.39, 0.29) is 29.8 Å². The van der Waals surface area contributed by atoms with E-state index in [0.29, 0.717) is 17.4 Å². The molecule has 1 saturated heterocycles. The molecule has 24 heavy (non-hydrogen) atoms. The predicted molar refractivity (Wildman–Crippen MR) is 94.6 cm³/mol. The van der Waals surface area contributed by atoms with Gasteiger partial charge in [0.15, 0.2) is 0 Å². The first-order valence-corrected chi connectivity index (χ1v) is 9.17. The second kappa shape index (κ2) is 6.96. The maximum absolute atomic E-state index is 12.5. The zero-order valence-corrected chi connectivity index (χ0v) is 14.8. The Morgan fingerprint density at radius 3 is 2.83 bits per heavy atom. The second-order valence-corrected chi connectivity index (χ2v) is 7.51. The van der Waals surface area contributed by atoms with E-state index in [0.717, 1.165) is 31.2 Å². The van der Waals surface area contributed by atoms with Crippen molar-refractivity contribution in [2.24, 2.45) is 17.8 Å². The average Bonchev–Trinajstić information content (AvgIpc) is 2.55. The van der Waals surface area contributed by atoms with Gasteiger partial charge in [-0.1, -0.05) is 31.5 Å². The first-order chi connectivity index (χ1) is 11.5. The molecule has 0 spiro atoms. The van der Waals surface area contributed by atoms with Crippen molar-refractivity contribution in [3.8, 4) is 0 Å². The van der Waals surface area contributed by atoms with E-state index in [1.165, 1.54) is 0 Å². The highest BCUT2D eigenvalue weighted by atomic mass is 16.2. The Labute approximate surface area is 144 Å². The van der Waals surface area contributed by atoms with Crippen LogP contribution in [0.15, 0.2) is 24.3 Å². The fourth-order valence-electron chi connectivity index (χ4n) is 4.56. The molecule has 1 aromatic rings. The maximum Gasteiger partial charge on any atom is 0.251 e. The Bertz CT molecular complexity index is 628. The molecule has 5 atom stereocenters. The van der Waals surface area contributed by atoms with Crippen molar-refractivity contribution < 1.29 is 9.59 Å². The number of carbonyl (C=O) groups is 2. The molecule has 3 rings (SSSR count). The summed E-state index contributed by atoms with van der Waals surface area (Å²) in [5, 5.41) is 6.37. The highest BCUT2D eigenvalue weighted by Crippen LogP contribution is 2.38. The van der Waals surface area contributed by atoms with Crippen LogP contribution in [0.2, 0.25) is 0 Å². The number of hydrogen-bond donors (Lipinski definition) is 2. The largest absolute Gasteiger partial charge is 0.353 e. The molecule has 0 aromatic heterocycles. The van der Waals surface area contributed by atoms with Gasteiger partial charge in [0.1, 0.15) is 0 Å². The minimum atomic E-state index is -0.0104. The molecule has 5 unspecified atom stereocenters. The lowest BCUT2D eigenvalue weighted by Crippen LogP contribution is -2.58. The monoisotopic (exact) mass is 328 g/mol. The normalized spacial score (nSPS) is 32.6. The van der Waals surface area contributed by atoms with Crippen molar-refractivity contribution in [1.29, 1.82) is 0 Å². The van der Waals surface area contributed by atoms with Crippen LogP contribution >= 0.6 is 0 Å². The van der Waals surface area contributed by atoms with Crippen molar-refractivity contribution in [1.82, 2.24) is 10.6 Å². The maximum atomic E-state index is 12.5. The van der Waals surface area contributed by atoms with Gasteiger partial charge in [0.05, 0.1) is 0 Å². The molecular formula is C20H28N2O2. The number of benzene rings is 1. The van der Waals surface area contributed by atoms with E-state index in [2.05, 4.69) is 24.5 Å². The molecule has 2 aliphatic rings. The number of aryl methyl sites for hydroxylation is 1. The molecule has 1 saturated carbocycles. The molecule has 4 heteroatoms. The summed E-state index contributed by atoms with van der Waals surface area (Å²) in [6.45, 7) is 6.30. The molecule has 1 aromatic carbocycles. The number of piperidine rings is 1. The molecule has 1 heterocycles. The van der Waals surface area contributed by atoms with Crippen LogP contribution in [0.5, 0.6) is 0 Å². The van der Waals surface area contributed by atoms with Gasteiger partial charge in [-0.25, -0.2) is 0 Å². The second-order valence-electron chi connectivity index (χ2n) is 7.51. The summed E-state index contributed by atoms with van der Waals surface area (Å²) in [6.07, 6.45) is 3.81. The van der Waals surface area contributed by atoms with E-state index in [1.807, 2.05) is 31.2 Å². The van der Waals surface area contributed by atoms with Gasteiger partial charge in [-0.3, -0.25) is 9.59 Å². The van der Waals surface area contributed by atoms with Gasteiger partial charge in [-0.05, 0) is 56.6 Å². The Balaban J connectivity index is 1.63. The smallest absolute Gasteiger partial charge is 0.251 e. The van der Waals surface area contributed by atoms with Crippen molar-refractivity contribution >= 4 is 11.8 Å². The van der Waals surface area contributed by atoms with Crippen LogP contribution in [0, 0.1) is 24.7 Å². The molecule has 0 bridgehead atoms. The van der Waals surface area contributed by atoms with Gasteiger partial charge in [0, 0.05) is 23.6 Å². The van der Waals surface area contributed by atoms with Gasteiger partial charge in [-0.15, -0.1) is 0 Å². The lowest BCUT2D eigenvalue weighted by atomic mass is 9.67. The third-order valence-electron chi connectivity index (χ3n) is 5.93. The molecule has 2 fully saturated rings. The van der Waals surface area contributed by atoms with E-state index in [9.17, 15) is 9.59 Å². The van der Waals surface area contributed by atoms with E-state index >= 15 is 0 Å². The number of fused-ring (bicyclic) bond motifs is 1. The van der Waals surface area contributed by atoms with E-state index in [1.54, 1.807) is 0 Å². The predicted octanol–water partition coefficient (Wildman–Crippen LogP) is 3.05. The summed E-state index contributed by atoms with van der Waals surface area (Å²) in [6, 6.07) is 8.01. The van der Waals surface area contributed by atoms with Gasteiger partial charge < -0.3 is 10.6 Å². The Kier molecular flexibility index (Phi) is 4.93. The summed E-state index contributed by atoms with van der Waals surface area (Å²) >= 11 is 0.